The predicted octanol–water partition coefficient (Wildman–Crippen LogP) is 3.32. The molecule has 8 heavy (non-hydrogen) atoms. The fourth-order valence-corrected chi connectivity index (χ4v) is 1.19. The van der Waals surface area contributed by atoms with Gasteiger partial charge in [-0.05, 0) is 6.92 Å². The average Bonchev–Trinajstić information content (AvgIpc) is 1.67. The summed E-state index contributed by atoms with van der Waals surface area (Å²) in [5, 5.41) is 0.965. The van der Waals surface area contributed by atoms with Crippen molar-refractivity contribution >= 4 is 47.8 Å². The summed E-state index contributed by atoms with van der Waals surface area (Å²) in [6.07, 6.45) is 0. The van der Waals surface area contributed by atoms with Crippen LogP contribution in [0.15, 0.2) is 0 Å². The van der Waals surface area contributed by atoms with Crippen molar-refractivity contribution in [3.8, 4) is 0 Å². The molecule has 0 aromatic rings. The van der Waals surface area contributed by atoms with Gasteiger partial charge in [-0.2, -0.15) is 0 Å². The lowest BCUT2D eigenvalue weighted by molar-refractivity contribution is 0.743. The molecule has 0 bridgehead atoms. The van der Waals surface area contributed by atoms with E-state index in [2.05, 4.69) is 61.6 Å². The van der Waals surface area contributed by atoms with Crippen molar-refractivity contribution in [2.45, 2.75) is 23.0 Å². The molecule has 0 saturated heterocycles. The van der Waals surface area contributed by atoms with Gasteiger partial charge in [0.2, 0.25) is 0 Å². The lowest BCUT2D eigenvalue weighted by atomic mass is 10.2. The van der Waals surface area contributed by atoms with Crippen LogP contribution >= 0.6 is 47.8 Å². The molecule has 0 rings (SSSR count). The number of halogens is 3. The third-order valence-electron chi connectivity index (χ3n) is 1.09. The van der Waals surface area contributed by atoms with Crippen LogP contribution in [0, 0.1) is 0 Å². The molecule has 3 heteroatoms. The van der Waals surface area contributed by atoms with Crippen molar-refractivity contribution in [1.82, 2.24) is 0 Å². The molecule has 0 N–H and O–H groups in total. The summed E-state index contributed by atoms with van der Waals surface area (Å²) >= 11 is 10.4. The summed E-state index contributed by atoms with van der Waals surface area (Å²) in [5.74, 6) is 0. The van der Waals surface area contributed by atoms with Crippen LogP contribution in [0.4, 0.5) is 0 Å². The molecular weight excluding hydrogens is 300 g/mol. The number of rotatable bonds is 2. The summed E-state index contributed by atoms with van der Waals surface area (Å²) in [5.41, 5.74) is 0. The molecule has 0 aliphatic carbocycles. The van der Waals surface area contributed by atoms with Crippen LogP contribution in [0.3, 0.4) is 0 Å². The monoisotopic (exact) mass is 306 g/mol. The molecule has 50 valence electrons. The van der Waals surface area contributed by atoms with Gasteiger partial charge in [0.1, 0.15) is 0 Å². The SMILES string of the molecule is CC(Br)C(C)(Br)CBr. The standard InChI is InChI=1S/C5H9Br3/c1-4(7)5(2,8)3-6/h4H,3H2,1-2H3. The molecule has 2 atom stereocenters. The lowest BCUT2D eigenvalue weighted by Gasteiger charge is -2.21. The van der Waals surface area contributed by atoms with Gasteiger partial charge in [0, 0.05) is 14.5 Å². The van der Waals surface area contributed by atoms with Crippen LogP contribution in [-0.2, 0) is 0 Å². The Bertz CT molecular complexity index is 68.1. The van der Waals surface area contributed by atoms with Crippen LogP contribution in [0.2, 0.25) is 0 Å². The number of alkyl halides is 3. The molecule has 0 aromatic carbocycles. The highest BCUT2D eigenvalue weighted by molar-refractivity contribution is 9.14. The van der Waals surface area contributed by atoms with E-state index in [0.29, 0.717) is 4.83 Å². The Morgan fingerprint density at radius 3 is 2.00 bits per heavy atom. The fourth-order valence-electron chi connectivity index (χ4n) is 0.106. The molecule has 0 aromatic heterocycles. The van der Waals surface area contributed by atoms with Crippen molar-refractivity contribution in [1.29, 1.82) is 0 Å². The molecule has 0 nitrogen and oxygen atoms in total. The smallest absolute Gasteiger partial charge is 0.0448 e. The molecule has 0 aliphatic rings. The summed E-state index contributed by atoms with van der Waals surface area (Å²) < 4.78 is 0.188. The lowest BCUT2D eigenvalue weighted by Crippen LogP contribution is -2.27. The van der Waals surface area contributed by atoms with Crippen molar-refractivity contribution in [2.75, 3.05) is 5.33 Å². The Morgan fingerprint density at radius 1 is 1.62 bits per heavy atom. The van der Waals surface area contributed by atoms with Gasteiger partial charge in [0.05, 0.1) is 0 Å². The topological polar surface area (TPSA) is 0 Å². The van der Waals surface area contributed by atoms with E-state index in [1.54, 1.807) is 0 Å². The van der Waals surface area contributed by atoms with E-state index >= 15 is 0 Å². The van der Waals surface area contributed by atoms with E-state index in [4.69, 9.17) is 0 Å². The van der Waals surface area contributed by atoms with Gasteiger partial charge in [-0.1, -0.05) is 54.7 Å². The van der Waals surface area contributed by atoms with E-state index < -0.39 is 0 Å². The fraction of sp³-hybridized carbons (Fsp3) is 1.00. The van der Waals surface area contributed by atoms with Crippen LogP contribution in [-0.4, -0.2) is 14.5 Å². The minimum Gasteiger partial charge on any atom is -0.0913 e. The molecule has 0 radical (unpaired) electrons. The van der Waals surface area contributed by atoms with E-state index in [9.17, 15) is 0 Å². The first kappa shape index (κ1) is 9.44. The first-order chi connectivity index (χ1) is 3.50. The maximum Gasteiger partial charge on any atom is 0.0448 e. The molecular formula is C5H9Br3. The second kappa shape index (κ2) is 3.57. The maximum atomic E-state index is 3.55. The summed E-state index contributed by atoms with van der Waals surface area (Å²) in [7, 11) is 0. The largest absolute Gasteiger partial charge is 0.0913 e. The Kier molecular flexibility index (Phi) is 4.21. The second-order valence-corrected chi connectivity index (χ2v) is 5.77. The zero-order valence-corrected chi connectivity index (χ0v) is 9.68. The van der Waals surface area contributed by atoms with Gasteiger partial charge in [-0.15, -0.1) is 0 Å². The molecule has 0 fully saturated rings. The van der Waals surface area contributed by atoms with Gasteiger partial charge < -0.3 is 0 Å². The highest BCUT2D eigenvalue weighted by atomic mass is 79.9. The number of hydrogen-bond donors (Lipinski definition) is 0. The quantitative estimate of drug-likeness (QED) is 0.687. The zero-order chi connectivity index (χ0) is 6.78. The van der Waals surface area contributed by atoms with Gasteiger partial charge in [0.15, 0.2) is 0 Å². The van der Waals surface area contributed by atoms with Crippen molar-refractivity contribution in [3.63, 3.8) is 0 Å². The Labute approximate surface area is 75.8 Å². The van der Waals surface area contributed by atoms with Crippen LogP contribution in [0.1, 0.15) is 13.8 Å². The minimum absolute atomic E-state index is 0.188. The maximum absolute atomic E-state index is 3.55. The van der Waals surface area contributed by atoms with Crippen LogP contribution in [0.25, 0.3) is 0 Å². The Morgan fingerprint density at radius 2 is 2.00 bits per heavy atom. The van der Waals surface area contributed by atoms with Crippen LogP contribution < -0.4 is 0 Å². The summed E-state index contributed by atoms with van der Waals surface area (Å²) in [4.78, 5) is 0.495. The molecule has 0 heterocycles. The highest BCUT2D eigenvalue weighted by Gasteiger charge is 2.23. The van der Waals surface area contributed by atoms with Crippen LogP contribution in [0.5, 0.6) is 0 Å². The average molecular weight is 309 g/mol. The summed E-state index contributed by atoms with van der Waals surface area (Å²) in [6.45, 7) is 4.26. The van der Waals surface area contributed by atoms with Gasteiger partial charge in [-0.25, -0.2) is 0 Å². The normalized spacial score (nSPS) is 22.1. The molecule has 0 spiro atoms. The molecule has 0 saturated carbocycles. The van der Waals surface area contributed by atoms with E-state index in [-0.39, 0.29) is 4.32 Å². The first-order valence-electron chi connectivity index (χ1n) is 2.39. The highest BCUT2D eigenvalue weighted by Crippen LogP contribution is 2.28. The van der Waals surface area contributed by atoms with Gasteiger partial charge in [-0.3, -0.25) is 0 Å². The van der Waals surface area contributed by atoms with Crippen molar-refractivity contribution < 1.29 is 0 Å². The zero-order valence-electron chi connectivity index (χ0n) is 4.92. The Hall–Kier alpha value is 1.44. The third kappa shape index (κ3) is 2.83. The first-order valence-corrected chi connectivity index (χ1v) is 5.22. The summed E-state index contributed by atoms with van der Waals surface area (Å²) in [6, 6.07) is 0. The third-order valence-corrected chi connectivity index (χ3v) is 5.60. The van der Waals surface area contributed by atoms with Gasteiger partial charge >= 0.3 is 0 Å². The van der Waals surface area contributed by atoms with Crippen molar-refractivity contribution in [2.24, 2.45) is 0 Å². The van der Waals surface area contributed by atoms with E-state index in [1.165, 1.54) is 0 Å². The number of hydrogen-bond acceptors (Lipinski definition) is 0. The minimum atomic E-state index is 0.188. The van der Waals surface area contributed by atoms with E-state index in [1.807, 2.05) is 0 Å². The van der Waals surface area contributed by atoms with E-state index in [0.717, 1.165) is 5.33 Å². The second-order valence-electron chi connectivity index (χ2n) is 2.03. The molecule has 2 unspecified atom stereocenters. The van der Waals surface area contributed by atoms with Gasteiger partial charge in [0.25, 0.3) is 0 Å². The predicted molar refractivity (Wildman–Crippen MR) is 49.5 cm³/mol. The molecule has 0 aliphatic heterocycles. The molecule has 0 amide bonds. The Balaban J connectivity index is 3.71. The van der Waals surface area contributed by atoms with Crippen molar-refractivity contribution in [3.05, 3.63) is 0 Å².